The van der Waals surface area contributed by atoms with Gasteiger partial charge in [0, 0.05) is 17.7 Å². The Kier molecular flexibility index (Phi) is 4.84. The number of fused-ring (bicyclic) bond motifs is 1. The van der Waals surface area contributed by atoms with Crippen LogP contribution in [0.3, 0.4) is 0 Å². The van der Waals surface area contributed by atoms with Gasteiger partial charge in [0.1, 0.15) is 11.8 Å². The average molecular weight is 390 g/mol. The molecule has 1 amide bonds. The molecule has 5 rings (SSSR count). The molecule has 0 fully saturated rings. The number of benzene rings is 1. The second-order valence-electron chi connectivity index (χ2n) is 6.88. The number of amides is 1. The van der Waals surface area contributed by atoms with E-state index in [0.29, 0.717) is 23.4 Å². The van der Waals surface area contributed by atoms with E-state index in [-0.39, 0.29) is 24.9 Å². The van der Waals surface area contributed by atoms with Crippen LogP contribution in [0.5, 0.6) is 0 Å². The molecule has 1 aromatic carbocycles. The SMILES string of the molecule is C.O=C1CCCC2=C1C(c1ccco1)N(C(=O)c1ccco1)c1ccccc1N2. The van der Waals surface area contributed by atoms with Crippen LogP contribution in [0.2, 0.25) is 0 Å². The average Bonchev–Trinajstić information content (AvgIpc) is 3.39. The molecule has 6 heteroatoms. The molecule has 0 spiro atoms. The number of carbonyl (C=O) groups is 2. The van der Waals surface area contributed by atoms with Crippen LogP contribution in [0.4, 0.5) is 11.4 Å². The van der Waals surface area contributed by atoms with Crippen molar-refractivity contribution in [2.75, 3.05) is 10.2 Å². The molecule has 3 aromatic rings. The minimum Gasteiger partial charge on any atom is -0.467 e. The zero-order chi connectivity index (χ0) is 19.1. The Hall–Kier alpha value is -3.54. The third kappa shape index (κ3) is 3.06. The molecule has 1 aliphatic heterocycles. The molecule has 3 heterocycles. The van der Waals surface area contributed by atoms with Crippen molar-refractivity contribution >= 4 is 23.1 Å². The van der Waals surface area contributed by atoms with Crippen molar-refractivity contribution in [3.8, 4) is 0 Å². The molecule has 6 nitrogen and oxygen atoms in total. The molecule has 2 aromatic heterocycles. The van der Waals surface area contributed by atoms with Crippen LogP contribution in [0.25, 0.3) is 0 Å². The minimum atomic E-state index is -0.661. The molecule has 2 aliphatic rings. The van der Waals surface area contributed by atoms with Gasteiger partial charge in [-0.3, -0.25) is 14.5 Å². The summed E-state index contributed by atoms with van der Waals surface area (Å²) >= 11 is 0. The van der Waals surface area contributed by atoms with Gasteiger partial charge in [0.2, 0.25) is 0 Å². The third-order valence-electron chi connectivity index (χ3n) is 5.20. The number of allylic oxidation sites excluding steroid dienone is 1. The highest BCUT2D eigenvalue weighted by atomic mass is 16.3. The molecule has 29 heavy (non-hydrogen) atoms. The van der Waals surface area contributed by atoms with Gasteiger partial charge in [-0.25, -0.2) is 0 Å². The zero-order valence-electron chi connectivity index (χ0n) is 15.1. The lowest BCUT2D eigenvalue weighted by Gasteiger charge is -2.31. The fraction of sp³-hybridized carbons (Fsp3) is 0.217. The van der Waals surface area contributed by atoms with E-state index in [0.717, 1.165) is 24.2 Å². The lowest BCUT2D eigenvalue weighted by molar-refractivity contribution is -0.116. The number of hydrogen-bond acceptors (Lipinski definition) is 5. The summed E-state index contributed by atoms with van der Waals surface area (Å²) < 4.78 is 11.1. The summed E-state index contributed by atoms with van der Waals surface area (Å²) in [6, 6.07) is 13.7. The van der Waals surface area contributed by atoms with Gasteiger partial charge < -0.3 is 14.2 Å². The standard InChI is InChI=1S/C22H18N2O4.CH4/c25-17-9-3-7-15-20(17)21(18-10-4-12-27-18)24(22(26)19-11-5-13-28-19)16-8-2-1-6-14(16)23-15;/h1-2,4-6,8,10-13,21,23H,3,7,9H2;1H4. The highest BCUT2D eigenvalue weighted by Gasteiger charge is 2.41. The normalized spacial score (nSPS) is 18.3. The van der Waals surface area contributed by atoms with Crippen molar-refractivity contribution in [3.05, 3.63) is 83.8 Å². The number of para-hydroxylation sites is 2. The van der Waals surface area contributed by atoms with Crippen molar-refractivity contribution in [3.63, 3.8) is 0 Å². The first kappa shape index (κ1) is 18.8. The zero-order valence-corrected chi connectivity index (χ0v) is 15.1. The van der Waals surface area contributed by atoms with Crippen LogP contribution < -0.4 is 10.2 Å². The van der Waals surface area contributed by atoms with E-state index in [4.69, 9.17) is 8.83 Å². The number of nitrogens with zero attached hydrogens (tertiary/aromatic N) is 1. The molecule has 1 N–H and O–H groups in total. The Morgan fingerprint density at radius 3 is 2.55 bits per heavy atom. The molecule has 0 saturated heterocycles. The van der Waals surface area contributed by atoms with Crippen LogP contribution >= 0.6 is 0 Å². The number of anilines is 2. The number of carbonyl (C=O) groups excluding carboxylic acids is 2. The van der Waals surface area contributed by atoms with Crippen molar-refractivity contribution in [2.24, 2.45) is 0 Å². The monoisotopic (exact) mass is 390 g/mol. The molecule has 148 valence electrons. The van der Waals surface area contributed by atoms with Crippen molar-refractivity contribution in [1.29, 1.82) is 0 Å². The minimum absolute atomic E-state index is 0. The van der Waals surface area contributed by atoms with Gasteiger partial charge >= 0.3 is 0 Å². The highest BCUT2D eigenvalue weighted by Crippen LogP contribution is 2.45. The predicted octanol–water partition coefficient (Wildman–Crippen LogP) is 5.33. The summed E-state index contributed by atoms with van der Waals surface area (Å²) in [6.07, 6.45) is 5.01. The Morgan fingerprint density at radius 1 is 1.00 bits per heavy atom. The Morgan fingerprint density at radius 2 is 1.79 bits per heavy atom. The summed E-state index contributed by atoms with van der Waals surface area (Å²) in [4.78, 5) is 28.1. The number of hydrogen-bond donors (Lipinski definition) is 1. The number of rotatable bonds is 2. The fourth-order valence-corrected chi connectivity index (χ4v) is 3.99. The Bertz CT molecular complexity index is 1060. The molecule has 0 radical (unpaired) electrons. The summed E-state index contributed by atoms with van der Waals surface area (Å²) in [6.45, 7) is 0. The lowest BCUT2D eigenvalue weighted by atomic mass is 9.88. The van der Waals surface area contributed by atoms with Gasteiger partial charge in [-0.2, -0.15) is 0 Å². The quantitative estimate of drug-likeness (QED) is 0.640. The van der Waals surface area contributed by atoms with Crippen molar-refractivity contribution < 1.29 is 18.4 Å². The van der Waals surface area contributed by atoms with E-state index in [1.807, 2.05) is 24.3 Å². The topological polar surface area (TPSA) is 75.7 Å². The van der Waals surface area contributed by atoms with Gasteiger partial charge in [-0.05, 0) is 49.2 Å². The Balaban J connectivity index is 0.00000205. The van der Waals surface area contributed by atoms with Gasteiger partial charge in [0.25, 0.3) is 5.91 Å². The van der Waals surface area contributed by atoms with Gasteiger partial charge in [0.05, 0.1) is 23.9 Å². The van der Waals surface area contributed by atoms with Crippen LogP contribution in [0, 0.1) is 0 Å². The van der Waals surface area contributed by atoms with Crippen molar-refractivity contribution in [2.45, 2.75) is 32.7 Å². The maximum atomic E-state index is 13.5. The van der Waals surface area contributed by atoms with Crippen LogP contribution in [-0.2, 0) is 4.79 Å². The van der Waals surface area contributed by atoms with Gasteiger partial charge in [0.15, 0.2) is 11.5 Å². The summed E-state index contributed by atoms with van der Waals surface area (Å²) in [5.74, 6) is 0.452. The van der Waals surface area contributed by atoms with E-state index in [9.17, 15) is 9.59 Å². The second-order valence-corrected chi connectivity index (χ2v) is 6.88. The van der Waals surface area contributed by atoms with E-state index in [2.05, 4.69) is 5.32 Å². The van der Waals surface area contributed by atoms with Crippen LogP contribution in [0.1, 0.15) is 49.0 Å². The number of ketones is 1. The summed E-state index contributed by atoms with van der Waals surface area (Å²) in [5, 5.41) is 3.41. The summed E-state index contributed by atoms with van der Waals surface area (Å²) in [5.41, 5.74) is 2.88. The van der Waals surface area contributed by atoms with E-state index < -0.39 is 6.04 Å². The molecule has 1 aliphatic carbocycles. The third-order valence-corrected chi connectivity index (χ3v) is 5.20. The molecule has 0 saturated carbocycles. The van der Waals surface area contributed by atoms with Crippen LogP contribution in [-0.4, -0.2) is 11.7 Å². The van der Waals surface area contributed by atoms with Crippen LogP contribution in [0.15, 0.2) is 81.2 Å². The molecule has 1 atom stereocenters. The number of nitrogens with one attached hydrogen (secondary N) is 1. The lowest BCUT2D eigenvalue weighted by Crippen LogP contribution is -2.37. The first-order valence-corrected chi connectivity index (χ1v) is 9.27. The highest BCUT2D eigenvalue weighted by molar-refractivity contribution is 6.10. The van der Waals surface area contributed by atoms with Gasteiger partial charge in [-0.1, -0.05) is 19.6 Å². The smallest absolute Gasteiger partial charge is 0.294 e. The maximum Gasteiger partial charge on any atom is 0.294 e. The number of furan rings is 2. The molecular formula is C23H22N2O4. The second kappa shape index (κ2) is 7.47. The first-order chi connectivity index (χ1) is 13.7. The van der Waals surface area contributed by atoms with E-state index in [1.165, 1.54) is 6.26 Å². The largest absolute Gasteiger partial charge is 0.467 e. The van der Waals surface area contributed by atoms with E-state index in [1.54, 1.807) is 35.4 Å². The molecular weight excluding hydrogens is 368 g/mol. The van der Waals surface area contributed by atoms with Gasteiger partial charge in [-0.15, -0.1) is 0 Å². The van der Waals surface area contributed by atoms with E-state index >= 15 is 0 Å². The number of Topliss-reactive ketones (excluding diaryl/α,β-unsaturated/α-hetero) is 1. The molecule has 1 unspecified atom stereocenters. The Labute approximate surface area is 168 Å². The first-order valence-electron chi connectivity index (χ1n) is 9.27. The van der Waals surface area contributed by atoms with Crippen molar-refractivity contribution in [1.82, 2.24) is 0 Å². The molecule has 0 bridgehead atoms. The fourth-order valence-electron chi connectivity index (χ4n) is 3.99. The maximum absolute atomic E-state index is 13.5. The summed E-state index contributed by atoms with van der Waals surface area (Å²) in [7, 11) is 0. The predicted molar refractivity (Wildman–Crippen MR) is 110 cm³/mol.